The van der Waals surface area contributed by atoms with Crippen molar-refractivity contribution < 1.29 is 4.42 Å². The van der Waals surface area contributed by atoms with E-state index in [0.29, 0.717) is 17.5 Å². The summed E-state index contributed by atoms with van der Waals surface area (Å²) in [5.41, 5.74) is 15.7. The third-order valence-electron chi connectivity index (χ3n) is 12.4. The van der Waals surface area contributed by atoms with Crippen LogP contribution >= 0.6 is 0 Å². The van der Waals surface area contributed by atoms with Gasteiger partial charge in [0.2, 0.25) is 0 Å². The molecule has 0 radical (unpaired) electrons. The summed E-state index contributed by atoms with van der Waals surface area (Å²) >= 11 is 0. The maximum atomic E-state index is 6.50. The van der Waals surface area contributed by atoms with Crippen LogP contribution in [-0.4, -0.2) is 15.0 Å². The number of hydrogen-bond acceptors (Lipinski definition) is 4. The van der Waals surface area contributed by atoms with E-state index in [1.54, 1.807) is 0 Å². The van der Waals surface area contributed by atoms with Gasteiger partial charge in [0.25, 0.3) is 0 Å². The Bertz CT molecular complexity index is 3410. The van der Waals surface area contributed by atoms with E-state index in [1.807, 2.05) is 60.7 Å². The SMILES string of the molecule is c1ccc(-c2nc(-c3cccc(-c4cc5c(cc4-c4ccccc4)-c4ccccc4C5(c4ccccc4)c4ccccc4)c3)nc(-c3cccc4c3oc3ccccc34)n2)cc1. The molecule has 290 valence electrons. The quantitative estimate of drug-likeness (QED) is 0.161. The molecule has 0 saturated carbocycles. The number of fused-ring (bicyclic) bond motifs is 6. The van der Waals surface area contributed by atoms with Crippen molar-refractivity contribution in [1.82, 2.24) is 15.0 Å². The zero-order valence-electron chi connectivity index (χ0n) is 33.6. The second-order valence-electron chi connectivity index (χ2n) is 15.9. The van der Waals surface area contributed by atoms with Crippen LogP contribution in [0.15, 0.2) is 229 Å². The molecule has 0 saturated heterocycles. The topological polar surface area (TPSA) is 51.8 Å². The van der Waals surface area contributed by atoms with Gasteiger partial charge in [-0.25, -0.2) is 15.0 Å². The van der Waals surface area contributed by atoms with E-state index >= 15 is 0 Å². The zero-order chi connectivity index (χ0) is 41.0. The fraction of sp³-hybridized carbons (Fsp3) is 0.0172. The highest BCUT2D eigenvalue weighted by molar-refractivity contribution is 6.09. The summed E-state index contributed by atoms with van der Waals surface area (Å²) in [5, 5.41) is 2.09. The highest BCUT2D eigenvalue weighted by Crippen LogP contribution is 2.58. The van der Waals surface area contributed by atoms with Crippen molar-refractivity contribution in [1.29, 1.82) is 0 Å². The first-order chi connectivity index (χ1) is 30.7. The van der Waals surface area contributed by atoms with E-state index in [1.165, 1.54) is 33.4 Å². The summed E-state index contributed by atoms with van der Waals surface area (Å²) in [6.07, 6.45) is 0. The lowest BCUT2D eigenvalue weighted by Gasteiger charge is -2.34. The summed E-state index contributed by atoms with van der Waals surface area (Å²) < 4.78 is 6.50. The van der Waals surface area contributed by atoms with E-state index in [4.69, 9.17) is 19.4 Å². The summed E-state index contributed by atoms with van der Waals surface area (Å²) in [6.45, 7) is 0. The van der Waals surface area contributed by atoms with Crippen LogP contribution in [-0.2, 0) is 5.41 Å². The van der Waals surface area contributed by atoms with Gasteiger partial charge in [-0.05, 0) is 86.0 Å². The third kappa shape index (κ3) is 5.65. The number of furan rings is 1. The molecule has 1 aliphatic rings. The summed E-state index contributed by atoms with van der Waals surface area (Å²) in [5.74, 6) is 1.74. The van der Waals surface area contributed by atoms with Crippen LogP contribution in [0.4, 0.5) is 0 Å². The van der Waals surface area contributed by atoms with E-state index in [2.05, 4.69) is 164 Å². The number of para-hydroxylation sites is 2. The lowest BCUT2D eigenvalue weighted by Crippen LogP contribution is -2.28. The van der Waals surface area contributed by atoms with E-state index in [9.17, 15) is 0 Å². The lowest BCUT2D eigenvalue weighted by molar-refractivity contribution is 0.669. The molecule has 0 amide bonds. The molecule has 0 atom stereocenters. The number of benzene rings is 9. The Morgan fingerprint density at radius 1 is 0.306 bits per heavy atom. The van der Waals surface area contributed by atoms with E-state index in [-0.39, 0.29) is 0 Å². The van der Waals surface area contributed by atoms with Gasteiger partial charge in [-0.15, -0.1) is 0 Å². The van der Waals surface area contributed by atoms with Crippen LogP contribution in [0, 0.1) is 0 Å². The van der Waals surface area contributed by atoms with Gasteiger partial charge in [0.15, 0.2) is 17.5 Å². The molecule has 4 nitrogen and oxygen atoms in total. The van der Waals surface area contributed by atoms with Crippen LogP contribution in [0.2, 0.25) is 0 Å². The smallest absolute Gasteiger partial charge is 0.167 e. The van der Waals surface area contributed by atoms with Gasteiger partial charge in [0, 0.05) is 21.9 Å². The van der Waals surface area contributed by atoms with Crippen LogP contribution in [0.1, 0.15) is 22.3 Å². The fourth-order valence-corrected chi connectivity index (χ4v) is 9.67. The maximum Gasteiger partial charge on any atom is 0.167 e. The average Bonchev–Trinajstić information content (AvgIpc) is 3.88. The molecule has 0 unspecified atom stereocenters. The van der Waals surface area contributed by atoms with Crippen LogP contribution in [0.25, 0.3) is 89.5 Å². The second-order valence-corrected chi connectivity index (χ2v) is 15.9. The largest absolute Gasteiger partial charge is 0.455 e. The summed E-state index contributed by atoms with van der Waals surface area (Å²) in [7, 11) is 0. The summed E-state index contributed by atoms with van der Waals surface area (Å²) in [4.78, 5) is 15.5. The normalized spacial score (nSPS) is 12.6. The van der Waals surface area contributed by atoms with Crippen molar-refractivity contribution in [2.24, 2.45) is 0 Å². The van der Waals surface area contributed by atoms with Gasteiger partial charge in [0.05, 0.1) is 11.0 Å². The Morgan fingerprint density at radius 3 is 1.56 bits per heavy atom. The molecule has 2 aromatic heterocycles. The van der Waals surface area contributed by atoms with Crippen molar-refractivity contribution in [3.05, 3.63) is 247 Å². The highest BCUT2D eigenvalue weighted by Gasteiger charge is 2.46. The Morgan fingerprint density at radius 2 is 0.823 bits per heavy atom. The molecule has 0 fully saturated rings. The summed E-state index contributed by atoms with van der Waals surface area (Å²) in [6, 6.07) is 79.6. The molecule has 2 heterocycles. The molecule has 12 rings (SSSR count). The number of nitrogens with zero attached hydrogens (tertiary/aromatic N) is 3. The Hall–Kier alpha value is -8.21. The van der Waals surface area contributed by atoms with Crippen LogP contribution < -0.4 is 0 Å². The minimum atomic E-state index is -0.540. The minimum Gasteiger partial charge on any atom is -0.455 e. The highest BCUT2D eigenvalue weighted by atomic mass is 16.3. The van der Waals surface area contributed by atoms with Crippen molar-refractivity contribution >= 4 is 21.9 Å². The maximum absolute atomic E-state index is 6.50. The van der Waals surface area contributed by atoms with E-state index in [0.717, 1.165) is 60.9 Å². The molecule has 4 heteroatoms. The van der Waals surface area contributed by atoms with Crippen LogP contribution in [0.3, 0.4) is 0 Å². The lowest BCUT2D eigenvalue weighted by atomic mass is 9.67. The molecule has 1 aliphatic carbocycles. The predicted octanol–water partition coefficient (Wildman–Crippen LogP) is 14.5. The number of hydrogen-bond donors (Lipinski definition) is 0. The predicted molar refractivity (Wildman–Crippen MR) is 252 cm³/mol. The second kappa shape index (κ2) is 14.5. The molecular formula is C58H37N3O. The van der Waals surface area contributed by atoms with Crippen LogP contribution in [0.5, 0.6) is 0 Å². The average molecular weight is 792 g/mol. The first-order valence-electron chi connectivity index (χ1n) is 21.0. The standard InChI is InChI=1S/C58H37N3O/c1-5-19-38(20-6-1)48-36-50-44-29-13-15-33-51(44)58(42-25-9-3-10-26-42,43-27-11-4-12-28-43)52(50)37-49(48)40-23-17-24-41(35-40)56-59-55(39-21-7-2-8-22-39)60-57(61-56)47-32-18-31-46-45-30-14-16-34-53(45)62-54(46)47/h1-37H. The van der Waals surface area contributed by atoms with Crippen molar-refractivity contribution in [3.8, 4) is 67.5 Å². The molecule has 9 aromatic carbocycles. The number of rotatable bonds is 7. The molecular weight excluding hydrogens is 755 g/mol. The minimum absolute atomic E-state index is 0.540. The van der Waals surface area contributed by atoms with Gasteiger partial charge in [-0.1, -0.05) is 194 Å². The van der Waals surface area contributed by atoms with Gasteiger partial charge >= 0.3 is 0 Å². The third-order valence-corrected chi connectivity index (χ3v) is 12.4. The van der Waals surface area contributed by atoms with Gasteiger partial charge in [-0.2, -0.15) is 0 Å². The monoisotopic (exact) mass is 791 g/mol. The Labute approximate surface area is 359 Å². The zero-order valence-corrected chi connectivity index (χ0v) is 33.6. The van der Waals surface area contributed by atoms with Crippen molar-refractivity contribution in [3.63, 3.8) is 0 Å². The molecule has 62 heavy (non-hydrogen) atoms. The van der Waals surface area contributed by atoms with Gasteiger partial charge in [0.1, 0.15) is 11.2 Å². The first-order valence-corrected chi connectivity index (χ1v) is 21.0. The van der Waals surface area contributed by atoms with Crippen molar-refractivity contribution in [2.45, 2.75) is 5.41 Å². The number of aromatic nitrogens is 3. The Kier molecular flexibility index (Phi) is 8.36. The molecule has 0 bridgehead atoms. The fourth-order valence-electron chi connectivity index (χ4n) is 9.67. The molecule has 11 aromatic rings. The van der Waals surface area contributed by atoms with Gasteiger partial charge < -0.3 is 4.42 Å². The molecule has 0 spiro atoms. The van der Waals surface area contributed by atoms with Crippen molar-refractivity contribution in [2.75, 3.05) is 0 Å². The van der Waals surface area contributed by atoms with Gasteiger partial charge in [-0.3, -0.25) is 0 Å². The first kappa shape index (κ1) is 35.7. The van der Waals surface area contributed by atoms with E-state index < -0.39 is 5.41 Å². The molecule has 0 N–H and O–H groups in total. The molecule has 0 aliphatic heterocycles. The Balaban J connectivity index is 1.10.